The molecule has 0 radical (unpaired) electrons. The number of benzene rings is 1. The molecule has 3 N–H and O–H groups in total. The normalized spacial score (nSPS) is 15.2. The van der Waals surface area contributed by atoms with Gasteiger partial charge in [-0.15, -0.1) is 0 Å². The lowest BCUT2D eigenvalue weighted by atomic mass is 9.96. The zero-order valence-corrected chi connectivity index (χ0v) is 13.3. The lowest BCUT2D eigenvalue weighted by Gasteiger charge is -2.18. The van der Waals surface area contributed by atoms with E-state index in [4.69, 9.17) is 15.6 Å². The average molecular weight is 293 g/mol. The average Bonchev–Trinajstić information content (AvgIpc) is 2.46. The van der Waals surface area contributed by atoms with Gasteiger partial charge < -0.3 is 15.6 Å². The Morgan fingerprint density at radius 1 is 1.33 bits per heavy atom. The van der Waals surface area contributed by atoms with E-state index in [2.05, 4.69) is 26.0 Å². The van der Waals surface area contributed by atoms with E-state index in [-0.39, 0.29) is 0 Å². The minimum absolute atomic E-state index is 0.457. The van der Waals surface area contributed by atoms with Crippen molar-refractivity contribution < 1.29 is 14.6 Å². The van der Waals surface area contributed by atoms with Crippen LogP contribution in [-0.2, 0) is 4.79 Å². The summed E-state index contributed by atoms with van der Waals surface area (Å²) in [5, 5.41) is 8.91. The second kappa shape index (κ2) is 8.03. The Labute approximate surface area is 127 Å². The lowest BCUT2D eigenvalue weighted by Crippen LogP contribution is -2.44. The van der Waals surface area contributed by atoms with Crippen molar-refractivity contribution in [2.45, 2.75) is 57.9 Å². The van der Waals surface area contributed by atoms with Crippen molar-refractivity contribution in [1.29, 1.82) is 0 Å². The molecule has 0 heterocycles. The van der Waals surface area contributed by atoms with Gasteiger partial charge in [0.1, 0.15) is 11.3 Å². The second-order valence-corrected chi connectivity index (χ2v) is 5.91. The summed E-state index contributed by atoms with van der Waals surface area (Å²) < 4.78 is 5.66. The molecule has 1 aromatic carbocycles. The Bertz CT molecular complexity index is 440. The summed E-state index contributed by atoms with van der Waals surface area (Å²) in [5.41, 5.74) is 5.85. The van der Waals surface area contributed by atoms with Crippen molar-refractivity contribution in [3.8, 4) is 5.75 Å². The topological polar surface area (TPSA) is 72.5 Å². The van der Waals surface area contributed by atoms with Crippen LogP contribution in [-0.4, -0.2) is 23.2 Å². The third-order valence-electron chi connectivity index (χ3n) is 3.91. The number of carbonyl (C=O) groups is 1. The molecule has 0 saturated heterocycles. The van der Waals surface area contributed by atoms with Crippen molar-refractivity contribution in [3.63, 3.8) is 0 Å². The van der Waals surface area contributed by atoms with E-state index < -0.39 is 11.5 Å². The highest BCUT2D eigenvalue weighted by Gasteiger charge is 2.26. The molecule has 0 amide bonds. The zero-order chi connectivity index (χ0) is 15.9. The molecule has 2 atom stereocenters. The molecule has 0 fully saturated rings. The standard InChI is InChI=1S/C17H27NO3/c1-4-13(2)14-7-9-15(10-8-14)21-12-6-5-11-17(3,18)16(19)20/h7-10,13H,4-6,11-12,18H2,1-3H3,(H,19,20). The molecule has 4 nitrogen and oxygen atoms in total. The van der Waals surface area contributed by atoms with Crippen LogP contribution in [0.5, 0.6) is 5.75 Å². The largest absolute Gasteiger partial charge is 0.494 e. The Kier molecular flexibility index (Phi) is 6.69. The monoisotopic (exact) mass is 293 g/mol. The van der Waals surface area contributed by atoms with Crippen LogP contribution >= 0.6 is 0 Å². The number of ether oxygens (including phenoxy) is 1. The van der Waals surface area contributed by atoms with E-state index >= 15 is 0 Å². The lowest BCUT2D eigenvalue weighted by molar-refractivity contribution is -0.142. The Morgan fingerprint density at radius 2 is 1.95 bits per heavy atom. The van der Waals surface area contributed by atoms with Crippen LogP contribution in [0.2, 0.25) is 0 Å². The fourth-order valence-corrected chi connectivity index (χ4v) is 2.02. The van der Waals surface area contributed by atoms with Crippen LogP contribution in [0.15, 0.2) is 24.3 Å². The van der Waals surface area contributed by atoms with E-state index in [1.807, 2.05) is 12.1 Å². The molecule has 0 spiro atoms. The molecule has 0 saturated carbocycles. The highest BCUT2D eigenvalue weighted by atomic mass is 16.5. The molecule has 0 aliphatic carbocycles. The number of hydrogen-bond donors (Lipinski definition) is 2. The summed E-state index contributed by atoms with van der Waals surface area (Å²) in [5.74, 6) is 0.470. The summed E-state index contributed by atoms with van der Waals surface area (Å²) in [6.07, 6.45) is 3.12. The minimum atomic E-state index is -1.14. The summed E-state index contributed by atoms with van der Waals surface area (Å²) in [6, 6.07) is 8.19. The van der Waals surface area contributed by atoms with Crippen molar-refractivity contribution in [1.82, 2.24) is 0 Å². The van der Waals surface area contributed by atoms with Gasteiger partial charge in [-0.1, -0.05) is 26.0 Å². The number of rotatable bonds is 9. The van der Waals surface area contributed by atoms with Gasteiger partial charge in [0.25, 0.3) is 0 Å². The molecule has 0 aromatic heterocycles. The number of hydrogen-bond acceptors (Lipinski definition) is 3. The summed E-state index contributed by atoms with van der Waals surface area (Å²) in [6.45, 7) is 6.52. The fraction of sp³-hybridized carbons (Fsp3) is 0.588. The zero-order valence-electron chi connectivity index (χ0n) is 13.3. The number of aliphatic carboxylic acids is 1. The van der Waals surface area contributed by atoms with Crippen molar-refractivity contribution in [3.05, 3.63) is 29.8 Å². The Balaban J connectivity index is 2.29. The smallest absolute Gasteiger partial charge is 0.323 e. The van der Waals surface area contributed by atoms with Gasteiger partial charge >= 0.3 is 5.97 Å². The van der Waals surface area contributed by atoms with Crippen LogP contribution in [0.3, 0.4) is 0 Å². The van der Waals surface area contributed by atoms with Gasteiger partial charge in [0.15, 0.2) is 0 Å². The molecule has 0 aliphatic rings. The van der Waals surface area contributed by atoms with E-state index in [1.54, 1.807) is 6.92 Å². The Morgan fingerprint density at radius 3 is 2.48 bits per heavy atom. The van der Waals surface area contributed by atoms with Gasteiger partial charge in [-0.3, -0.25) is 4.79 Å². The number of unbranched alkanes of at least 4 members (excludes halogenated alkanes) is 1. The first-order chi connectivity index (χ1) is 9.86. The highest BCUT2D eigenvalue weighted by molar-refractivity contribution is 5.77. The third-order valence-corrected chi connectivity index (χ3v) is 3.91. The fourth-order valence-electron chi connectivity index (χ4n) is 2.02. The molecular formula is C17H27NO3. The quantitative estimate of drug-likeness (QED) is 0.683. The van der Waals surface area contributed by atoms with Crippen LogP contribution in [0.1, 0.15) is 57.9 Å². The van der Waals surface area contributed by atoms with Crippen LogP contribution in [0, 0.1) is 0 Å². The third kappa shape index (κ3) is 5.76. The van der Waals surface area contributed by atoms with Crippen molar-refractivity contribution in [2.75, 3.05) is 6.61 Å². The molecule has 118 valence electrons. The van der Waals surface area contributed by atoms with Crippen LogP contribution in [0.4, 0.5) is 0 Å². The minimum Gasteiger partial charge on any atom is -0.494 e. The predicted octanol–water partition coefficient (Wildman–Crippen LogP) is 3.55. The van der Waals surface area contributed by atoms with E-state index in [9.17, 15) is 4.79 Å². The van der Waals surface area contributed by atoms with Crippen molar-refractivity contribution in [2.24, 2.45) is 5.73 Å². The first-order valence-corrected chi connectivity index (χ1v) is 7.62. The molecule has 1 aromatic rings. The van der Waals surface area contributed by atoms with Crippen LogP contribution in [0.25, 0.3) is 0 Å². The van der Waals surface area contributed by atoms with E-state index in [0.29, 0.717) is 18.9 Å². The number of nitrogens with two attached hydrogens (primary N) is 1. The highest BCUT2D eigenvalue weighted by Crippen LogP contribution is 2.21. The predicted molar refractivity (Wildman–Crippen MR) is 84.7 cm³/mol. The van der Waals surface area contributed by atoms with Gasteiger partial charge in [0.2, 0.25) is 0 Å². The van der Waals surface area contributed by atoms with E-state index in [1.165, 1.54) is 5.56 Å². The molecule has 2 unspecified atom stereocenters. The number of carboxylic acid groups (broad SMARTS) is 1. The summed E-state index contributed by atoms with van der Waals surface area (Å²) >= 11 is 0. The molecule has 0 aliphatic heterocycles. The second-order valence-electron chi connectivity index (χ2n) is 5.91. The SMILES string of the molecule is CCC(C)c1ccc(OCCCCC(C)(N)C(=O)O)cc1. The van der Waals surface area contributed by atoms with Crippen molar-refractivity contribution >= 4 is 5.97 Å². The number of carboxylic acids is 1. The first-order valence-electron chi connectivity index (χ1n) is 7.62. The van der Waals surface area contributed by atoms with Gasteiger partial charge in [-0.25, -0.2) is 0 Å². The molecular weight excluding hydrogens is 266 g/mol. The molecule has 0 bridgehead atoms. The maximum Gasteiger partial charge on any atom is 0.323 e. The van der Waals surface area contributed by atoms with Crippen LogP contribution < -0.4 is 10.5 Å². The maximum atomic E-state index is 10.9. The Hall–Kier alpha value is -1.55. The van der Waals surface area contributed by atoms with Gasteiger partial charge in [-0.05, 0) is 56.2 Å². The summed E-state index contributed by atoms with van der Waals surface area (Å²) in [4.78, 5) is 10.9. The molecule has 21 heavy (non-hydrogen) atoms. The van der Waals surface area contributed by atoms with Gasteiger partial charge in [-0.2, -0.15) is 0 Å². The van der Waals surface area contributed by atoms with Gasteiger partial charge in [0, 0.05) is 0 Å². The maximum absolute atomic E-state index is 10.9. The molecule has 4 heteroatoms. The first kappa shape index (κ1) is 17.5. The summed E-state index contributed by atoms with van der Waals surface area (Å²) in [7, 11) is 0. The van der Waals surface area contributed by atoms with Gasteiger partial charge in [0.05, 0.1) is 6.61 Å². The molecule has 1 rings (SSSR count). The van der Waals surface area contributed by atoms with E-state index in [0.717, 1.165) is 25.0 Å².